The van der Waals surface area contributed by atoms with Crippen molar-refractivity contribution < 1.29 is 0 Å². The van der Waals surface area contributed by atoms with Gasteiger partial charge in [-0.05, 0) is 43.3 Å². The molecule has 1 aromatic heterocycles. The van der Waals surface area contributed by atoms with Gasteiger partial charge in [0.2, 0.25) is 0 Å². The summed E-state index contributed by atoms with van der Waals surface area (Å²) in [5.74, 6) is 2.25. The Kier molecular flexibility index (Phi) is 8.70. The quantitative estimate of drug-likeness (QED) is 0.670. The fourth-order valence-corrected chi connectivity index (χ4v) is 2.52. The predicted octanol–water partition coefficient (Wildman–Crippen LogP) is 3.33. The number of hydrogen-bond acceptors (Lipinski definition) is 4. The number of hydrogen-bond donors (Lipinski definition) is 1. The average Bonchev–Trinajstić information content (AvgIpc) is 2.45. The second-order valence-corrected chi connectivity index (χ2v) is 6.15. The number of nitrogens with zero attached hydrogens (tertiary/aromatic N) is 2. The van der Waals surface area contributed by atoms with Gasteiger partial charge in [0.05, 0.1) is 0 Å². The number of aromatic nitrogens is 1. The number of thioether (sulfide) groups is 1. The smallest absolute Gasteiger partial charge is 0.128 e. The second-order valence-electron chi connectivity index (χ2n) is 5.17. The molecule has 0 bridgehead atoms. The Morgan fingerprint density at radius 3 is 2.70 bits per heavy atom. The maximum atomic E-state index is 4.79. The van der Waals surface area contributed by atoms with E-state index in [1.807, 2.05) is 11.8 Å². The van der Waals surface area contributed by atoms with Crippen molar-refractivity contribution in [2.75, 3.05) is 37.0 Å². The van der Waals surface area contributed by atoms with Crippen molar-refractivity contribution in [1.29, 1.82) is 0 Å². The summed E-state index contributed by atoms with van der Waals surface area (Å²) in [6.45, 7) is 7.47. The van der Waals surface area contributed by atoms with Crippen molar-refractivity contribution in [3.8, 4) is 0 Å². The van der Waals surface area contributed by atoms with Crippen LogP contribution in [0.15, 0.2) is 12.1 Å². The minimum Gasteiger partial charge on any atom is -0.359 e. The summed E-state index contributed by atoms with van der Waals surface area (Å²) in [5, 5.41) is 3.48. The molecule has 0 saturated carbocycles. The van der Waals surface area contributed by atoms with E-state index in [4.69, 9.17) is 4.98 Å². The topological polar surface area (TPSA) is 28.2 Å². The van der Waals surface area contributed by atoms with E-state index < -0.39 is 0 Å². The summed E-state index contributed by atoms with van der Waals surface area (Å²) in [6, 6.07) is 4.47. The summed E-state index contributed by atoms with van der Waals surface area (Å²) in [7, 11) is 2.14. The third-order valence-electron chi connectivity index (χ3n) is 3.21. The van der Waals surface area contributed by atoms with E-state index >= 15 is 0 Å². The Balaban J connectivity index is 2.80. The van der Waals surface area contributed by atoms with Crippen molar-refractivity contribution in [3.63, 3.8) is 0 Å². The van der Waals surface area contributed by atoms with Crippen LogP contribution in [0.3, 0.4) is 0 Å². The van der Waals surface area contributed by atoms with Crippen LogP contribution in [-0.4, -0.2) is 37.1 Å². The minimum absolute atomic E-state index is 0.941. The fourth-order valence-electron chi connectivity index (χ4n) is 2.07. The highest BCUT2D eigenvalue weighted by molar-refractivity contribution is 7.98. The van der Waals surface area contributed by atoms with Gasteiger partial charge in [0.15, 0.2) is 0 Å². The van der Waals surface area contributed by atoms with Crippen molar-refractivity contribution in [1.82, 2.24) is 10.3 Å². The molecule has 4 heteroatoms. The zero-order valence-electron chi connectivity index (χ0n) is 13.4. The third-order valence-corrected chi connectivity index (χ3v) is 3.80. The zero-order chi connectivity index (χ0) is 14.8. The van der Waals surface area contributed by atoms with E-state index in [9.17, 15) is 0 Å². The first kappa shape index (κ1) is 17.3. The van der Waals surface area contributed by atoms with Crippen molar-refractivity contribution in [2.45, 2.75) is 39.7 Å². The van der Waals surface area contributed by atoms with Crippen molar-refractivity contribution in [3.05, 3.63) is 23.4 Å². The molecule has 0 aliphatic carbocycles. The van der Waals surface area contributed by atoms with Gasteiger partial charge in [0.1, 0.15) is 5.82 Å². The molecule has 3 nitrogen and oxygen atoms in total. The van der Waals surface area contributed by atoms with Gasteiger partial charge in [-0.3, -0.25) is 0 Å². The van der Waals surface area contributed by atoms with Crippen LogP contribution in [0.5, 0.6) is 0 Å². The Labute approximate surface area is 128 Å². The van der Waals surface area contributed by atoms with Crippen LogP contribution in [-0.2, 0) is 13.0 Å². The van der Waals surface area contributed by atoms with Gasteiger partial charge < -0.3 is 10.2 Å². The predicted molar refractivity (Wildman–Crippen MR) is 91.9 cm³/mol. The van der Waals surface area contributed by atoms with Crippen LogP contribution in [0.4, 0.5) is 5.82 Å². The van der Waals surface area contributed by atoms with E-state index in [0.29, 0.717) is 0 Å². The van der Waals surface area contributed by atoms with Gasteiger partial charge in [-0.25, -0.2) is 4.98 Å². The number of rotatable bonds is 10. The third kappa shape index (κ3) is 6.14. The zero-order valence-corrected chi connectivity index (χ0v) is 14.2. The van der Waals surface area contributed by atoms with E-state index in [1.165, 1.54) is 17.7 Å². The number of nitrogens with one attached hydrogen (secondary N) is 1. The van der Waals surface area contributed by atoms with Crippen molar-refractivity contribution >= 4 is 17.6 Å². The normalized spacial score (nSPS) is 10.8. The number of pyridine rings is 1. The molecular formula is C16H29N3S. The van der Waals surface area contributed by atoms with Gasteiger partial charge in [0.25, 0.3) is 0 Å². The highest BCUT2D eigenvalue weighted by Gasteiger charge is 2.07. The standard InChI is InChI=1S/C16H29N3S/c1-5-7-15-11-14(13-17-8-6-2)12-16(18-15)19(3)9-10-20-4/h11-12,17H,5-10,13H2,1-4H3. The van der Waals surface area contributed by atoms with Crippen LogP contribution in [0.25, 0.3) is 0 Å². The SMILES string of the molecule is CCCNCc1cc(CCC)nc(N(C)CCSC)c1. The monoisotopic (exact) mass is 295 g/mol. The molecule has 0 saturated heterocycles. The molecule has 0 aliphatic rings. The molecule has 0 radical (unpaired) electrons. The minimum atomic E-state index is 0.941. The van der Waals surface area contributed by atoms with Crippen LogP contribution < -0.4 is 10.2 Å². The highest BCUT2D eigenvalue weighted by Crippen LogP contribution is 2.16. The van der Waals surface area contributed by atoms with E-state index in [0.717, 1.165) is 44.0 Å². The molecular weight excluding hydrogens is 266 g/mol. The van der Waals surface area contributed by atoms with Crippen LogP contribution in [0.2, 0.25) is 0 Å². The van der Waals surface area contributed by atoms with Crippen LogP contribution in [0, 0.1) is 0 Å². The van der Waals surface area contributed by atoms with Gasteiger partial charge in [-0.15, -0.1) is 0 Å². The van der Waals surface area contributed by atoms with Crippen LogP contribution >= 0.6 is 11.8 Å². The maximum absolute atomic E-state index is 4.79. The Bertz CT molecular complexity index is 382. The van der Waals surface area contributed by atoms with Crippen molar-refractivity contribution in [2.24, 2.45) is 0 Å². The lowest BCUT2D eigenvalue weighted by Gasteiger charge is -2.19. The lowest BCUT2D eigenvalue weighted by atomic mass is 10.1. The number of anilines is 1. The molecule has 1 rings (SSSR count). The first-order valence-corrected chi connectivity index (χ1v) is 9.01. The molecule has 0 fully saturated rings. The van der Waals surface area contributed by atoms with Gasteiger partial charge in [-0.2, -0.15) is 11.8 Å². The molecule has 0 atom stereocenters. The van der Waals surface area contributed by atoms with Crippen LogP contribution in [0.1, 0.15) is 37.9 Å². The highest BCUT2D eigenvalue weighted by atomic mass is 32.2. The maximum Gasteiger partial charge on any atom is 0.128 e. The first-order chi connectivity index (χ1) is 9.71. The lowest BCUT2D eigenvalue weighted by Crippen LogP contribution is -2.22. The summed E-state index contributed by atoms with van der Waals surface area (Å²) < 4.78 is 0. The first-order valence-electron chi connectivity index (χ1n) is 7.61. The summed E-state index contributed by atoms with van der Waals surface area (Å²) in [5.41, 5.74) is 2.57. The largest absolute Gasteiger partial charge is 0.359 e. The molecule has 1 heterocycles. The molecule has 0 aliphatic heterocycles. The molecule has 0 amide bonds. The molecule has 0 unspecified atom stereocenters. The van der Waals surface area contributed by atoms with Gasteiger partial charge in [-0.1, -0.05) is 20.3 Å². The molecule has 20 heavy (non-hydrogen) atoms. The van der Waals surface area contributed by atoms with Gasteiger partial charge in [0, 0.05) is 31.6 Å². The Morgan fingerprint density at radius 2 is 2.05 bits per heavy atom. The Hall–Kier alpha value is -0.740. The second kappa shape index (κ2) is 10.1. The van der Waals surface area contributed by atoms with E-state index in [2.05, 4.69) is 49.5 Å². The Morgan fingerprint density at radius 1 is 1.25 bits per heavy atom. The van der Waals surface area contributed by atoms with E-state index in [1.54, 1.807) is 0 Å². The van der Waals surface area contributed by atoms with Gasteiger partial charge >= 0.3 is 0 Å². The summed E-state index contributed by atoms with van der Waals surface area (Å²) in [4.78, 5) is 7.06. The summed E-state index contributed by atoms with van der Waals surface area (Å²) >= 11 is 1.88. The molecule has 1 aromatic rings. The average molecular weight is 295 g/mol. The molecule has 114 valence electrons. The molecule has 1 N–H and O–H groups in total. The number of aryl methyl sites for hydroxylation is 1. The van der Waals surface area contributed by atoms with E-state index in [-0.39, 0.29) is 0 Å². The summed E-state index contributed by atoms with van der Waals surface area (Å²) in [6.07, 6.45) is 5.53. The molecule has 0 aromatic carbocycles. The molecule has 0 spiro atoms. The lowest BCUT2D eigenvalue weighted by molar-refractivity contribution is 0.673. The fraction of sp³-hybridized carbons (Fsp3) is 0.688.